The Bertz CT molecular complexity index is 598. The first-order valence-electron chi connectivity index (χ1n) is 6.53. The molecular formula is C15H17N3O. The van der Waals surface area contributed by atoms with E-state index in [-0.39, 0.29) is 6.03 Å². The van der Waals surface area contributed by atoms with Gasteiger partial charge in [0.1, 0.15) is 0 Å². The van der Waals surface area contributed by atoms with E-state index in [1.165, 1.54) is 16.5 Å². The molecule has 0 aliphatic carbocycles. The molecule has 0 atom stereocenters. The van der Waals surface area contributed by atoms with Crippen LogP contribution in [0.2, 0.25) is 0 Å². The second-order valence-corrected chi connectivity index (χ2v) is 4.81. The molecule has 4 heteroatoms. The molecule has 4 nitrogen and oxygen atoms in total. The first kappa shape index (κ1) is 11.8. The fraction of sp³-hybridized carbons (Fsp3) is 0.267. The molecular weight excluding hydrogens is 238 g/mol. The summed E-state index contributed by atoms with van der Waals surface area (Å²) in [6.07, 6.45) is 0. The standard InChI is InChI=1S/C15H17N3O/c16-15(19)18-10-8-17(9-11-18)14-7-3-5-12-4-1-2-6-13(12)14/h1-7H,8-11H2,(H2,16,19). The van der Waals surface area contributed by atoms with Gasteiger partial charge in [0.25, 0.3) is 0 Å². The minimum Gasteiger partial charge on any atom is -0.367 e. The van der Waals surface area contributed by atoms with Crippen molar-refractivity contribution in [3.05, 3.63) is 42.5 Å². The van der Waals surface area contributed by atoms with Gasteiger partial charge in [0.05, 0.1) is 0 Å². The number of benzene rings is 2. The summed E-state index contributed by atoms with van der Waals surface area (Å²) in [5.74, 6) is 0. The monoisotopic (exact) mass is 255 g/mol. The van der Waals surface area contributed by atoms with Crippen molar-refractivity contribution in [1.29, 1.82) is 0 Å². The Morgan fingerprint density at radius 3 is 2.37 bits per heavy atom. The molecule has 2 aromatic carbocycles. The number of amides is 2. The van der Waals surface area contributed by atoms with E-state index in [9.17, 15) is 4.79 Å². The zero-order valence-corrected chi connectivity index (χ0v) is 10.7. The number of nitrogens with two attached hydrogens (primary N) is 1. The lowest BCUT2D eigenvalue weighted by molar-refractivity contribution is 0.204. The Labute approximate surface area is 112 Å². The summed E-state index contributed by atoms with van der Waals surface area (Å²) in [7, 11) is 0. The van der Waals surface area contributed by atoms with E-state index >= 15 is 0 Å². The average molecular weight is 255 g/mol. The number of carbonyl (C=O) groups excluding carboxylic acids is 1. The highest BCUT2D eigenvalue weighted by Gasteiger charge is 2.20. The topological polar surface area (TPSA) is 49.6 Å². The van der Waals surface area contributed by atoms with Gasteiger partial charge in [0, 0.05) is 37.3 Å². The zero-order chi connectivity index (χ0) is 13.2. The van der Waals surface area contributed by atoms with Crippen LogP contribution in [0.5, 0.6) is 0 Å². The molecule has 98 valence electrons. The molecule has 19 heavy (non-hydrogen) atoms. The van der Waals surface area contributed by atoms with Crippen LogP contribution in [0.3, 0.4) is 0 Å². The van der Waals surface area contributed by atoms with Crippen molar-refractivity contribution in [3.8, 4) is 0 Å². The summed E-state index contributed by atoms with van der Waals surface area (Å²) in [6, 6.07) is 14.4. The third-order valence-corrected chi connectivity index (χ3v) is 3.70. The Balaban J connectivity index is 1.88. The highest BCUT2D eigenvalue weighted by molar-refractivity contribution is 5.94. The molecule has 0 radical (unpaired) electrons. The highest BCUT2D eigenvalue weighted by Crippen LogP contribution is 2.27. The number of hydrogen-bond donors (Lipinski definition) is 1. The maximum atomic E-state index is 11.1. The molecule has 0 unspecified atom stereocenters. The lowest BCUT2D eigenvalue weighted by atomic mass is 10.1. The van der Waals surface area contributed by atoms with Gasteiger partial charge in [0.15, 0.2) is 0 Å². The van der Waals surface area contributed by atoms with Crippen LogP contribution in [0.4, 0.5) is 10.5 Å². The molecule has 1 fully saturated rings. The second-order valence-electron chi connectivity index (χ2n) is 4.81. The van der Waals surface area contributed by atoms with Crippen molar-refractivity contribution in [2.75, 3.05) is 31.1 Å². The van der Waals surface area contributed by atoms with Crippen molar-refractivity contribution in [1.82, 2.24) is 4.90 Å². The number of anilines is 1. The predicted octanol–water partition coefficient (Wildman–Crippen LogP) is 2.04. The van der Waals surface area contributed by atoms with Crippen LogP contribution in [-0.2, 0) is 0 Å². The Morgan fingerprint density at radius 1 is 0.947 bits per heavy atom. The van der Waals surface area contributed by atoms with Crippen LogP contribution in [0.15, 0.2) is 42.5 Å². The van der Waals surface area contributed by atoms with Crippen LogP contribution in [0.25, 0.3) is 10.8 Å². The van der Waals surface area contributed by atoms with Crippen LogP contribution in [-0.4, -0.2) is 37.1 Å². The largest absolute Gasteiger partial charge is 0.367 e. The van der Waals surface area contributed by atoms with E-state index in [4.69, 9.17) is 5.73 Å². The van der Waals surface area contributed by atoms with E-state index < -0.39 is 0 Å². The summed E-state index contributed by atoms with van der Waals surface area (Å²) < 4.78 is 0. The van der Waals surface area contributed by atoms with E-state index in [2.05, 4.69) is 47.4 Å². The maximum Gasteiger partial charge on any atom is 0.314 e. The van der Waals surface area contributed by atoms with Gasteiger partial charge in [-0.1, -0.05) is 36.4 Å². The van der Waals surface area contributed by atoms with Crippen molar-refractivity contribution >= 4 is 22.5 Å². The molecule has 0 saturated carbocycles. The first-order valence-corrected chi connectivity index (χ1v) is 6.53. The van der Waals surface area contributed by atoms with Gasteiger partial charge in [-0.2, -0.15) is 0 Å². The molecule has 0 spiro atoms. The SMILES string of the molecule is NC(=O)N1CCN(c2cccc3ccccc23)CC1. The van der Waals surface area contributed by atoms with E-state index in [1.54, 1.807) is 4.90 Å². The van der Waals surface area contributed by atoms with E-state index in [0.717, 1.165) is 13.1 Å². The molecule has 2 aromatic rings. The minimum absolute atomic E-state index is 0.322. The number of primary amides is 1. The number of rotatable bonds is 1. The molecule has 1 saturated heterocycles. The van der Waals surface area contributed by atoms with Crippen molar-refractivity contribution in [3.63, 3.8) is 0 Å². The number of carbonyl (C=O) groups is 1. The summed E-state index contributed by atoms with van der Waals surface area (Å²) in [6.45, 7) is 3.05. The van der Waals surface area contributed by atoms with Crippen molar-refractivity contribution in [2.24, 2.45) is 5.73 Å². The molecule has 1 aliphatic rings. The van der Waals surface area contributed by atoms with Crippen LogP contribution in [0, 0.1) is 0 Å². The minimum atomic E-state index is -0.322. The predicted molar refractivity (Wildman–Crippen MR) is 77.3 cm³/mol. The second kappa shape index (κ2) is 4.80. The van der Waals surface area contributed by atoms with Gasteiger partial charge in [0.2, 0.25) is 0 Å². The Morgan fingerprint density at radius 2 is 1.63 bits per heavy atom. The maximum absolute atomic E-state index is 11.1. The van der Waals surface area contributed by atoms with Gasteiger partial charge in [-0.25, -0.2) is 4.79 Å². The smallest absolute Gasteiger partial charge is 0.314 e. The van der Waals surface area contributed by atoms with E-state index in [0.29, 0.717) is 13.1 Å². The third kappa shape index (κ3) is 2.21. The Kier molecular flexibility index (Phi) is 2.99. The number of urea groups is 1. The molecule has 2 amide bonds. The van der Waals surface area contributed by atoms with Gasteiger partial charge in [-0.3, -0.25) is 0 Å². The zero-order valence-electron chi connectivity index (χ0n) is 10.7. The van der Waals surface area contributed by atoms with Gasteiger partial charge in [-0.05, 0) is 11.5 Å². The van der Waals surface area contributed by atoms with Gasteiger partial charge in [-0.15, -0.1) is 0 Å². The molecule has 3 rings (SSSR count). The number of hydrogen-bond acceptors (Lipinski definition) is 2. The molecule has 2 N–H and O–H groups in total. The van der Waals surface area contributed by atoms with Gasteiger partial charge >= 0.3 is 6.03 Å². The Hall–Kier alpha value is -2.23. The quantitative estimate of drug-likeness (QED) is 0.847. The summed E-state index contributed by atoms with van der Waals surface area (Å²) in [4.78, 5) is 15.2. The van der Waals surface area contributed by atoms with Crippen LogP contribution < -0.4 is 10.6 Å². The highest BCUT2D eigenvalue weighted by atomic mass is 16.2. The number of piperazine rings is 1. The summed E-state index contributed by atoms with van der Waals surface area (Å²) in [5.41, 5.74) is 6.55. The number of nitrogens with zero attached hydrogens (tertiary/aromatic N) is 2. The first-order chi connectivity index (χ1) is 9.25. The fourth-order valence-electron chi connectivity index (χ4n) is 2.65. The molecule has 0 bridgehead atoms. The summed E-state index contributed by atoms with van der Waals surface area (Å²) >= 11 is 0. The lowest BCUT2D eigenvalue weighted by Gasteiger charge is -2.35. The van der Waals surface area contributed by atoms with Crippen molar-refractivity contribution < 1.29 is 4.79 Å². The molecule has 1 heterocycles. The lowest BCUT2D eigenvalue weighted by Crippen LogP contribution is -2.50. The van der Waals surface area contributed by atoms with Gasteiger partial charge < -0.3 is 15.5 Å². The summed E-state index contributed by atoms with van der Waals surface area (Å²) in [5, 5.41) is 2.51. The number of fused-ring (bicyclic) bond motifs is 1. The average Bonchev–Trinajstić information content (AvgIpc) is 2.47. The van der Waals surface area contributed by atoms with E-state index in [1.807, 2.05) is 0 Å². The normalized spacial score (nSPS) is 15.8. The molecule has 0 aromatic heterocycles. The van der Waals surface area contributed by atoms with Crippen LogP contribution in [0.1, 0.15) is 0 Å². The third-order valence-electron chi connectivity index (χ3n) is 3.70. The molecule has 1 aliphatic heterocycles. The van der Waals surface area contributed by atoms with Crippen LogP contribution >= 0.6 is 0 Å². The van der Waals surface area contributed by atoms with Crippen molar-refractivity contribution in [2.45, 2.75) is 0 Å². The fourth-order valence-corrected chi connectivity index (χ4v) is 2.65.